The lowest BCUT2D eigenvalue weighted by atomic mass is 9.90. The van der Waals surface area contributed by atoms with Gasteiger partial charge in [0.15, 0.2) is 0 Å². The molecule has 0 radical (unpaired) electrons. The number of hydrogen-bond donors (Lipinski definition) is 0. The standard InChI is InChI=1S/C17H23N3O.C2H6/c1-12-15(17(3,4)5)18-20(14-10-8-7-9-11-14)16(12)19(6)13(2)21;1-2/h7-11H,1-6H3;1-2H3. The number of rotatable bonds is 2. The lowest BCUT2D eigenvalue weighted by Crippen LogP contribution is -2.26. The van der Waals surface area contributed by atoms with Gasteiger partial charge < -0.3 is 0 Å². The van der Waals surface area contributed by atoms with Crippen molar-refractivity contribution >= 4 is 11.7 Å². The molecule has 0 atom stereocenters. The first-order valence-corrected chi connectivity index (χ1v) is 8.13. The largest absolute Gasteiger partial charge is 0.300 e. The number of carbonyl (C=O) groups is 1. The summed E-state index contributed by atoms with van der Waals surface area (Å²) in [7, 11) is 1.79. The minimum atomic E-state index is -0.0729. The molecule has 0 saturated heterocycles. The predicted octanol–water partition coefficient (Wildman–Crippen LogP) is 4.49. The van der Waals surface area contributed by atoms with E-state index in [0.29, 0.717) is 0 Å². The van der Waals surface area contributed by atoms with E-state index in [4.69, 9.17) is 5.10 Å². The van der Waals surface area contributed by atoms with Crippen LogP contribution in [0.1, 0.15) is 52.8 Å². The Balaban J connectivity index is 0.00000127. The van der Waals surface area contributed by atoms with E-state index >= 15 is 0 Å². The maximum Gasteiger partial charge on any atom is 0.224 e. The van der Waals surface area contributed by atoms with Crippen molar-refractivity contribution in [2.24, 2.45) is 0 Å². The first-order valence-electron chi connectivity index (χ1n) is 8.13. The number of aromatic nitrogens is 2. The summed E-state index contributed by atoms with van der Waals surface area (Å²) in [4.78, 5) is 13.5. The second kappa shape index (κ2) is 7.44. The molecule has 1 aromatic heterocycles. The number of nitrogens with zero attached hydrogens (tertiary/aromatic N) is 3. The van der Waals surface area contributed by atoms with Crippen molar-refractivity contribution in [3.05, 3.63) is 41.6 Å². The second-order valence-corrected chi connectivity index (χ2v) is 6.37. The third kappa shape index (κ3) is 4.01. The number of hydrogen-bond acceptors (Lipinski definition) is 2. The zero-order valence-corrected chi connectivity index (χ0v) is 15.6. The topological polar surface area (TPSA) is 38.1 Å². The average Bonchev–Trinajstić information content (AvgIpc) is 2.87. The summed E-state index contributed by atoms with van der Waals surface area (Å²) in [5.74, 6) is 0.828. The van der Waals surface area contributed by atoms with Crippen LogP contribution in [0.15, 0.2) is 30.3 Å². The predicted molar refractivity (Wildman–Crippen MR) is 97.4 cm³/mol. The van der Waals surface area contributed by atoms with Gasteiger partial charge in [0.1, 0.15) is 5.82 Å². The summed E-state index contributed by atoms with van der Waals surface area (Å²) in [5, 5.41) is 4.78. The molecule has 0 N–H and O–H groups in total. The second-order valence-electron chi connectivity index (χ2n) is 6.37. The highest BCUT2D eigenvalue weighted by Crippen LogP contribution is 2.32. The van der Waals surface area contributed by atoms with Crippen LogP contribution >= 0.6 is 0 Å². The van der Waals surface area contributed by atoms with Gasteiger partial charge in [-0.3, -0.25) is 9.69 Å². The minimum absolute atomic E-state index is 0.00404. The third-order valence-electron chi connectivity index (χ3n) is 3.59. The summed E-state index contributed by atoms with van der Waals surface area (Å²) < 4.78 is 1.86. The van der Waals surface area contributed by atoms with E-state index in [1.165, 1.54) is 0 Å². The molecule has 2 rings (SSSR count). The molecule has 0 aliphatic carbocycles. The first kappa shape index (κ1) is 18.9. The molecule has 2 aromatic rings. The van der Waals surface area contributed by atoms with E-state index in [-0.39, 0.29) is 11.3 Å². The summed E-state index contributed by atoms with van der Waals surface area (Å²) in [5.41, 5.74) is 2.94. The van der Waals surface area contributed by atoms with E-state index in [1.54, 1.807) is 18.9 Å². The number of anilines is 1. The smallest absolute Gasteiger partial charge is 0.224 e. The molecule has 126 valence electrons. The van der Waals surface area contributed by atoms with Crippen molar-refractivity contribution in [1.82, 2.24) is 9.78 Å². The molecule has 0 spiro atoms. The molecule has 0 aliphatic heterocycles. The fourth-order valence-corrected chi connectivity index (χ4v) is 2.49. The van der Waals surface area contributed by atoms with Crippen LogP contribution in [0.25, 0.3) is 5.69 Å². The number of carbonyl (C=O) groups excluding carboxylic acids is 1. The molecule has 4 nitrogen and oxygen atoms in total. The normalized spacial score (nSPS) is 10.8. The third-order valence-corrected chi connectivity index (χ3v) is 3.59. The summed E-state index contributed by atoms with van der Waals surface area (Å²) in [6, 6.07) is 9.91. The maximum atomic E-state index is 11.8. The van der Waals surface area contributed by atoms with Gasteiger partial charge in [-0.2, -0.15) is 5.10 Å². The van der Waals surface area contributed by atoms with Gasteiger partial charge >= 0.3 is 0 Å². The fraction of sp³-hybridized carbons (Fsp3) is 0.474. The highest BCUT2D eigenvalue weighted by molar-refractivity contribution is 5.91. The Labute approximate surface area is 140 Å². The van der Waals surface area contributed by atoms with E-state index in [0.717, 1.165) is 22.8 Å². The number of amides is 1. The summed E-state index contributed by atoms with van der Waals surface area (Å²) in [6.07, 6.45) is 0. The van der Waals surface area contributed by atoms with E-state index in [9.17, 15) is 4.79 Å². The average molecular weight is 315 g/mol. The molecule has 23 heavy (non-hydrogen) atoms. The molecule has 1 aromatic carbocycles. The summed E-state index contributed by atoms with van der Waals surface area (Å²) in [6.45, 7) is 14.0. The highest BCUT2D eigenvalue weighted by Gasteiger charge is 2.27. The molecular formula is C19H29N3O. The lowest BCUT2D eigenvalue weighted by Gasteiger charge is -2.19. The van der Waals surface area contributed by atoms with Crippen molar-refractivity contribution < 1.29 is 4.79 Å². The van der Waals surface area contributed by atoms with Gasteiger partial charge in [0.25, 0.3) is 0 Å². The van der Waals surface area contributed by atoms with Crippen LogP contribution in [0, 0.1) is 6.92 Å². The molecule has 0 fully saturated rings. The van der Waals surface area contributed by atoms with Crippen molar-refractivity contribution in [3.63, 3.8) is 0 Å². The van der Waals surface area contributed by atoms with Gasteiger partial charge in [0.05, 0.1) is 11.4 Å². The lowest BCUT2D eigenvalue weighted by molar-refractivity contribution is -0.116. The molecule has 1 amide bonds. The van der Waals surface area contributed by atoms with Gasteiger partial charge in [-0.05, 0) is 19.1 Å². The SMILES string of the molecule is CC.CC(=O)N(C)c1c(C)c(C(C)(C)C)nn1-c1ccccc1. The van der Waals surface area contributed by atoms with Gasteiger partial charge in [-0.25, -0.2) is 4.68 Å². The Bertz CT molecular complexity index is 651. The van der Waals surface area contributed by atoms with Crippen LogP contribution < -0.4 is 4.90 Å². The first-order chi connectivity index (χ1) is 10.7. The molecular weight excluding hydrogens is 286 g/mol. The Morgan fingerprint density at radius 1 is 1.13 bits per heavy atom. The van der Waals surface area contributed by atoms with Crippen LogP contribution in [0.3, 0.4) is 0 Å². The molecule has 4 heteroatoms. The Morgan fingerprint density at radius 3 is 2.09 bits per heavy atom. The van der Waals surface area contributed by atoms with Crippen molar-refractivity contribution in [1.29, 1.82) is 0 Å². The molecule has 0 unspecified atom stereocenters. The number of benzene rings is 1. The van der Waals surface area contributed by atoms with Crippen molar-refractivity contribution in [2.75, 3.05) is 11.9 Å². The van der Waals surface area contributed by atoms with Crippen LogP contribution in [0.4, 0.5) is 5.82 Å². The highest BCUT2D eigenvalue weighted by atomic mass is 16.2. The van der Waals surface area contributed by atoms with Gasteiger partial charge in [-0.1, -0.05) is 52.8 Å². The molecule has 0 bridgehead atoms. The summed E-state index contributed by atoms with van der Waals surface area (Å²) >= 11 is 0. The molecule has 1 heterocycles. The van der Waals surface area contributed by atoms with Gasteiger partial charge in [0, 0.05) is 24.9 Å². The van der Waals surface area contributed by atoms with Crippen LogP contribution in [0.5, 0.6) is 0 Å². The Kier molecular flexibility index (Phi) is 6.13. The monoisotopic (exact) mass is 315 g/mol. The van der Waals surface area contributed by atoms with Crippen LogP contribution in [0.2, 0.25) is 0 Å². The van der Waals surface area contributed by atoms with E-state index in [2.05, 4.69) is 20.8 Å². The number of para-hydroxylation sites is 1. The molecule has 0 aliphatic rings. The molecule has 0 saturated carbocycles. The van der Waals surface area contributed by atoms with Gasteiger partial charge in [-0.15, -0.1) is 0 Å². The maximum absolute atomic E-state index is 11.8. The van der Waals surface area contributed by atoms with Crippen LogP contribution in [-0.4, -0.2) is 22.7 Å². The van der Waals surface area contributed by atoms with E-state index < -0.39 is 0 Å². The van der Waals surface area contributed by atoms with Crippen molar-refractivity contribution in [2.45, 2.75) is 53.9 Å². The Hall–Kier alpha value is -2.10. The minimum Gasteiger partial charge on any atom is -0.300 e. The Morgan fingerprint density at radius 2 is 1.65 bits per heavy atom. The van der Waals surface area contributed by atoms with Crippen molar-refractivity contribution in [3.8, 4) is 5.69 Å². The fourth-order valence-electron chi connectivity index (χ4n) is 2.49. The quantitative estimate of drug-likeness (QED) is 0.819. The zero-order valence-electron chi connectivity index (χ0n) is 15.6. The van der Waals surface area contributed by atoms with Gasteiger partial charge in [0.2, 0.25) is 5.91 Å². The zero-order chi connectivity index (χ0) is 17.8. The van der Waals surface area contributed by atoms with Crippen LogP contribution in [-0.2, 0) is 10.2 Å². The van der Waals surface area contributed by atoms with E-state index in [1.807, 2.05) is 55.8 Å².